The zero-order valence-electron chi connectivity index (χ0n) is 72.9. The molecule has 0 aliphatic rings. The Balaban J connectivity index is 4.49. The molecule has 0 heterocycles. The maximum absolute atomic E-state index is 13.0. The number of hydrogen-bond acceptors (Lipinski definition) is 14. The van der Waals surface area contributed by atoms with Gasteiger partial charge in [-0.05, 0) is 141 Å². The number of carbonyl (C=O) groups excluding carboxylic acids is 3. The molecule has 662 valence electrons. The number of phosphoric ester groups is 2. The van der Waals surface area contributed by atoms with Crippen molar-refractivity contribution in [2.75, 3.05) is 39.6 Å². The third-order valence-electron chi connectivity index (χ3n) is 19.5. The molecule has 115 heavy (non-hydrogen) atoms. The van der Waals surface area contributed by atoms with Crippen LogP contribution < -0.4 is 0 Å². The van der Waals surface area contributed by atoms with Crippen molar-refractivity contribution < 1.29 is 75.8 Å². The van der Waals surface area contributed by atoms with Gasteiger partial charge in [-0.25, -0.2) is 9.13 Å². The summed E-state index contributed by atoms with van der Waals surface area (Å²) in [6, 6.07) is 0. The Morgan fingerprint density at radius 1 is 0.252 bits per heavy atom. The Labute approximate surface area is 702 Å². The quantitative estimate of drug-likeness (QED) is 0.0146. The highest BCUT2D eigenvalue weighted by atomic mass is 31.2. The van der Waals surface area contributed by atoms with Crippen molar-refractivity contribution in [3.05, 3.63) is 146 Å². The first-order valence-electron chi connectivity index (χ1n) is 46.1. The third-order valence-corrected chi connectivity index (χ3v) is 21.4. The molecule has 0 spiro atoms. The number of allylic oxidation sites excluding steroid dienone is 24. The highest BCUT2D eigenvalue weighted by molar-refractivity contribution is 7.47. The molecule has 0 saturated heterocycles. The van der Waals surface area contributed by atoms with E-state index in [1.165, 1.54) is 167 Å². The molecule has 4 N–H and O–H groups in total. The van der Waals surface area contributed by atoms with Crippen LogP contribution in [0.1, 0.15) is 393 Å². The zero-order valence-corrected chi connectivity index (χ0v) is 74.7. The lowest BCUT2D eigenvalue weighted by atomic mass is 10.0. The van der Waals surface area contributed by atoms with Gasteiger partial charge in [-0.15, -0.1) is 0 Å². The fourth-order valence-electron chi connectivity index (χ4n) is 12.6. The van der Waals surface area contributed by atoms with Gasteiger partial charge in [-0.2, -0.15) is 0 Å². The van der Waals surface area contributed by atoms with E-state index in [4.69, 9.17) is 32.3 Å². The molecule has 0 saturated carbocycles. The van der Waals surface area contributed by atoms with E-state index in [1.54, 1.807) is 0 Å². The fraction of sp³-hybridized carbons (Fsp3) is 0.722. The summed E-state index contributed by atoms with van der Waals surface area (Å²) in [7, 11) is -9.81. The highest BCUT2D eigenvalue weighted by Crippen LogP contribution is 2.45. The van der Waals surface area contributed by atoms with Gasteiger partial charge in [-0.3, -0.25) is 32.5 Å². The summed E-state index contributed by atoms with van der Waals surface area (Å²) in [5, 5.41) is 20.7. The second kappa shape index (κ2) is 88.7. The van der Waals surface area contributed by atoms with Crippen LogP contribution in [0.15, 0.2) is 146 Å². The molecule has 0 aromatic rings. The smallest absolute Gasteiger partial charge is 0.463 e. The van der Waals surface area contributed by atoms with E-state index in [0.717, 1.165) is 167 Å². The summed E-state index contributed by atoms with van der Waals surface area (Å²) in [5.41, 5.74) is 0. The molecule has 16 nitrogen and oxygen atoms in total. The lowest BCUT2D eigenvalue weighted by Crippen LogP contribution is -2.30. The second-order valence-electron chi connectivity index (χ2n) is 30.7. The summed E-state index contributed by atoms with van der Waals surface area (Å²) in [4.78, 5) is 58.9. The predicted octanol–water partition coefficient (Wildman–Crippen LogP) is 28.3. The van der Waals surface area contributed by atoms with Crippen molar-refractivity contribution in [1.29, 1.82) is 0 Å². The van der Waals surface area contributed by atoms with Crippen molar-refractivity contribution in [3.8, 4) is 0 Å². The highest BCUT2D eigenvalue weighted by Gasteiger charge is 2.29. The number of aliphatic hydroxyl groups excluding tert-OH is 2. The van der Waals surface area contributed by atoms with Gasteiger partial charge in [-0.1, -0.05) is 378 Å². The van der Waals surface area contributed by atoms with Crippen molar-refractivity contribution >= 4 is 33.6 Å². The molecule has 5 unspecified atom stereocenters. The number of phosphoric acid groups is 2. The third kappa shape index (κ3) is 90.0. The number of esters is 3. The minimum absolute atomic E-state index is 0.0918. The van der Waals surface area contributed by atoms with Crippen LogP contribution >= 0.6 is 15.6 Å². The fourth-order valence-corrected chi connectivity index (χ4v) is 14.2. The van der Waals surface area contributed by atoms with Gasteiger partial charge >= 0.3 is 33.6 Å². The average Bonchev–Trinajstić information content (AvgIpc) is 0.902. The first-order valence-corrected chi connectivity index (χ1v) is 49.1. The molecule has 0 aliphatic heterocycles. The van der Waals surface area contributed by atoms with Crippen LogP contribution in [0.5, 0.6) is 0 Å². The standard InChI is InChI=1S/C97H168O16P2/c1-4-7-10-13-16-19-22-25-28-31-33-35-37-39-41-43-44-45-46-48-50-51-53-55-57-60-62-65-68-71-74-77-80-83-95(100)107-86-92(98)87-109-114(103,104)110-88-93(99)89-111-115(105,106)112-91-94(113-97(102)85-82-79-76-73-70-67-64-59-30-27-24-21-18-15-12-9-6-3)90-108-96(101)84-81-78-75-72-69-66-63-61-58-56-54-52-49-47-42-40-38-36-34-32-29-26-23-20-17-14-11-8-5-2/h7,9-10,12,16-21,25-30,33-36,39-42,92-94,98-99H,4-6,8,11,13-15,22-24,31-32,37-38,43-91H2,1-3H3,(H,103,104)(H,105,106)/b10-7-,12-9-,19-16-,20-17-,21-18-,28-25-,29-26-,30-27-,35-33-,36-34-,41-39-,42-40-. The van der Waals surface area contributed by atoms with Gasteiger partial charge < -0.3 is 34.2 Å². The van der Waals surface area contributed by atoms with E-state index >= 15 is 0 Å². The number of aliphatic hydroxyl groups is 2. The SMILES string of the molecule is CC/C=C\C/C=C\C/C=C\C/C=C\C/C=C\CCCCCCCCCCCCCCCCCCCC(=O)OCC(O)COP(=O)(O)OCC(O)COP(=O)(O)OCC(COC(=O)CCCCCCCCCCCCCCC/C=C\C/C=C\C/C=C\C/C=C\CCCCC)OC(=O)CCCCCCCCC/C=C\C/C=C\C/C=C\CC. The maximum Gasteiger partial charge on any atom is 0.472 e. The molecule has 0 aromatic heterocycles. The van der Waals surface area contributed by atoms with Gasteiger partial charge in [0.25, 0.3) is 0 Å². The first-order chi connectivity index (χ1) is 56.2. The van der Waals surface area contributed by atoms with Gasteiger partial charge in [0.1, 0.15) is 25.4 Å². The van der Waals surface area contributed by atoms with Crippen molar-refractivity contribution in [2.45, 2.75) is 411 Å². The summed E-state index contributed by atoms with van der Waals surface area (Å²) >= 11 is 0. The van der Waals surface area contributed by atoms with Gasteiger partial charge in [0.2, 0.25) is 0 Å². The van der Waals surface area contributed by atoms with Crippen LogP contribution in [0.25, 0.3) is 0 Å². The molecule has 0 fully saturated rings. The van der Waals surface area contributed by atoms with Crippen LogP contribution in [0.3, 0.4) is 0 Å². The van der Waals surface area contributed by atoms with E-state index in [1.807, 2.05) is 0 Å². The van der Waals surface area contributed by atoms with Crippen LogP contribution in [0.2, 0.25) is 0 Å². The van der Waals surface area contributed by atoms with E-state index in [-0.39, 0.29) is 19.3 Å². The topological polar surface area (TPSA) is 231 Å². The minimum atomic E-state index is -4.94. The Bertz CT molecular complexity index is 2670. The van der Waals surface area contributed by atoms with Gasteiger partial charge in [0.05, 0.1) is 26.4 Å². The molecule has 0 rings (SSSR count). The Morgan fingerprint density at radius 2 is 0.461 bits per heavy atom. The molecule has 0 bridgehead atoms. The molecular formula is C97H168O16P2. The predicted molar refractivity (Wildman–Crippen MR) is 482 cm³/mol. The first kappa shape index (κ1) is 110. The summed E-state index contributed by atoms with van der Waals surface area (Å²) < 4.78 is 61.4. The summed E-state index contributed by atoms with van der Waals surface area (Å²) in [5.74, 6) is -1.57. The Morgan fingerprint density at radius 3 is 0.730 bits per heavy atom. The maximum atomic E-state index is 13.0. The number of unbranched alkanes of at least 4 members (excludes halogenated alkanes) is 40. The van der Waals surface area contributed by atoms with Gasteiger partial charge in [0, 0.05) is 19.3 Å². The molecule has 0 aromatic carbocycles. The number of rotatable bonds is 87. The molecular weight excluding hydrogens is 1480 g/mol. The number of hydrogen-bond donors (Lipinski definition) is 4. The number of carbonyl (C=O) groups is 3. The lowest BCUT2D eigenvalue weighted by molar-refractivity contribution is -0.161. The average molecular weight is 1650 g/mol. The van der Waals surface area contributed by atoms with Crippen molar-refractivity contribution in [2.24, 2.45) is 0 Å². The molecule has 18 heteroatoms. The van der Waals surface area contributed by atoms with E-state index < -0.39 is 91.5 Å². The normalized spacial score (nSPS) is 14.5. The zero-order chi connectivity index (χ0) is 83.6. The molecule has 0 amide bonds. The Hall–Kier alpha value is -4.57. The van der Waals surface area contributed by atoms with Crippen molar-refractivity contribution in [3.63, 3.8) is 0 Å². The minimum Gasteiger partial charge on any atom is -0.463 e. The number of ether oxygens (including phenoxy) is 3. The van der Waals surface area contributed by atoms with Crippen LogP contribution in [-0.2, 0) is 55.8 Å². The van der Waals surface area contributed by atoms with Gasteiger partial charge in [0.15, 0.2) is 6.10 Å². The van der Waals surface area contributed by atoms with E-state index in [2.05, 4.69) is 167 Å². The van der Waals surface area contributed by atoms with Crippen LogP contribution in [-0.4, -0.2) is 95.9 Å². The van der Waals surface area contributed by atoms with Crippen LogP contribution in [0.4, 0.5) is 0 Å². The lowest BCUT2D eigenvalue weighted by Gasteiger charge is -2.21. The molecule has 0 aliphatic carbocycles. The van der Waals surface area contributed by atoms with Crippen LogP contribution in [0, 0.1) is 0 Å². The second-order valence-corrected chi connectivity index (χ2v) is 33.6. The monoisotopic (exact) mass is 1650 g/mol. The van der Waals surface area contributed by atoms with E-state index in [0.29, 0.717) is 19.3 Å². The largest absolute Gasteiger partial charge is 0.472 e. The summed E-state index contributed by atoms with van der Waals surface area (Å²) in [6.45, 7) is 2.47. The Kier molecular flexibility index (Phi) is 85.2. The molecule has 0 radical (unpaired) electrons. The van der Waals surface area contributed by atoms with Crippen molar-refractivity contribution in [1.82, 2.24) is 0 Å². The van der Waals surface area contributed by atoms with E-state index in [9.17, 15) is 43.5 Å². The summed E-state index contributed by atoms with van der Waals surface area (Å²) in [6.07, 6.45) is 112. The molecule has 5 atom stereocenters.